The second kappa shape index (κ2) is 9.76. The number of fused-ring (bicyclic) bond motifs is 2. The van der Waals surface area contributed by atoms with Crippen LogP contribution in [-0.4, -0.2) is 40.3 Å². The Morgan fingerprint density at radius 1 is 1.15 bits per heavy atom. The van der Waals surface area contributed by atoms with Gasteiger partial charge in [-0.25, -0.2) is 14.3 Å². The molecule has 1 N–H and O–H groups in total. The summed E-state index contributed by atoms with van der Waals surface area (Å²) in [5, 5.41) is 7.86. The molecule has 1 aliphatic carbocycles. The molecule has 1 atom stereocenters. The van der Waals surface area contributed by atoms with Gasteiger partial charge < -0.3 is 14.8 Å². The van der Waals surface area contributed by atoms with Crippen molar-refractivity contribution in [3.8, 4) is 0 Å². The lowest BCUT2D eigenvalue weighted by atomic mass is 9.95. The highest BCUT2D eigenvalue weighted by Gasteiger charge is 2.29. The van der Waals surface area contributed by atoms with Crippen LogP contribution < -0.4 is 10.9 Å². The first-order valence-corrected chi connectivity index (χ1v) is 11.9. The van der Waals surface area contributed by atoms with Crippen molar-refractivity contribution in [2.24, 2.45) is 7.05 Å². The van der Waals surface area contributed by atoms with E-state index in [2.05, 4.69) is 10.4 Å². The molecule has 10 heteroatoms. The van der Waals surface area contributed by atoms with E-state index < -0.39 is 23.9 Å². The van der Waals surface area contributed by atoms with Crippen LogP contribution in [0.25, 0.3) is 10.8 Å². The fourth-order valence-corrected chi connectivity index (χ4v) is 5.29. The number of rotatable bonds is 6. The number of esters is 2. The minimum Gasteiger partial charge on any atom is -0.462 e. The summed E-state index contributed by atoms with van der Waals surface area (Å²) in [4.78, 5) is 51.7. The van der Waals surface area contributed by atoms with Gasteiger partial charge in [0.1, 0.15) is 5.00 Å². The van der Waals surface area contributed by atoms with Gasteiger partial charge in [-0.2, -0.15) is 5.10 Å². The van der Waals surface area contributed by atoms with Gasteiger partial charge in [0.05, 0.1) is 17.6 Å². The number of hydrogen-bond acceptors (Lipinski definition) is 8. The molecule has 0 saturated carbocycles. The number of benzene rings is 1. The maximum absolute atomic E-state index is 12.9. The number of hydrogen-bond donors (Lipinski definition) is 1. The molecule has 9 nitrogen and oxygen atoms in total. The smallest absolute Gasteiger partial charge is 0.360 e. The van der Waals surface area contributed by atoms with E-state index in [0.717, 1.165) is 40.8 Å². The number of carbonyl (C=O) groups excluding carboxylic acids is 3. The molecular weight excluding hydrogens is 458 g/mol. The monoisotopic (exact) mass is 483 g/mol. The molecule has 178 valence electrons. The number of aryl methyl sites for hydroxylation is 2. The van der Waals surface area contributed by atoms with Crippen molar-refractivity contribution in [2.45, 2.75) is 45.6 Å². The molecule has 2 aromatic heterocycles. The molecule has 1 aromatic carbocycles. The molecular formula is C24H25N3O6S. The molecule has 0 radical (unpaired) electrons. The molecule has 1 unspecified atom stereocenters. The number of carbonyl (C=O) groups is 3. The number of thiophene rings is 1. The van der Waals surface area contributed by atoms with Crippen LogP contribution in [0, 0.1) is 0 Å². The SMILES string of the molecule is CCOC(=O)c1c(NC(=O)C(C)OC(=O)c2nn(C)c(=O)c3ccccc23)sc2c1CCCC2. The van der Waals surface area contributed by atoms with E-state index in [4.69, 9.17) is 9.47 Å². The van der Waals surface area contributed by atoms with Crippen LogP contribution in [0.3, 0.4) is 0 Å². The van der Waals surface area contributed by atoms with Gasteiger partial charge in [-0.1, -0.05) is 18.2 Å². The first kappa shape index (κ1) is 23.6. The fourth-order valence-electron chi connectivity index (χ4n) is 4.01. The highest BCUT2D eigenvalue weighted by atomic mass is 32.1. The van der Waals surface area contributed by atoms with Gasteiger partial charge in [0, 0.05) is 17.3 Å². The number of aromatic nitrogens is 2. The Morgan fingerprint density at radius 3 is 2.59 bits per heavy atom. The third-order valence-corrected chi connectivity index (χ3v) is 6.90. The Labute approximate surface area is 199 Å². The topological polar surface area (TPSA) is 117 Å². The summed E-state index contributed by atoms with van der Waals surface area (Å²) in [5.74, 6) is -1.88. The second-order valence-corrected chi connectivity index (χ2v) is 9.10. The molecule has 0 aliphatic heterocycles. The van der Waals surface area contributed by atoms with Crippen molar-refractivity contribution >= 4 is 45.0 Å². The number of ether oxygens (including phenoxy) is 2. The molecule has 0 saturated heterocycles. The van der Waals surface area contributed by atoms with Gasteiger partial charge in [-0.3, -0.25) is 9.59 Å². The van der Waals surface area contributed by atoms with E-state index in [1.807, 2.05) is 0 Å². The van der Waals surface area contributed by atoms with E-state index in [9.17, 15) is 19.2 Å². The highest BCUT2D eigenvalue weighted by molar-refractivity contribution is 7.17. The summed E-state index contributed by atoms with van der Waals surface area (Å²) in [5.41, 5.74) is 0.914. The van der Waals surface area contributed by atoms with Crippen LogP contribution in [0.2, 0.25) is 0 Å². The summed E-state index contributed by atoms with van der Waals surface area (Å²) >= 11 is 1.36. The Kier molecular flexibility index (Phi) is 6.78. The molecule has 4 rings (SSSR count). The Morgan fingerprint density at radius 2 is 1.85 bits per heavy atom. The van der Waals surface area contributed by atoms with Crippen molar-refractivity contribution in [1.82, 2.24) is 9.78 Å². The van der Waals surface area contributed by atoms with Crippen LogP contribution in [0.15, 0.2) is 29.1 Å². The quantitative estimate of drug-likeness (QED) is 0.535. The third-order valence-electron chi connectivity index (χ3n) is 5.69. The zero-order valence-electron chi connectivity index (χ0n) is 19.2. The van der Waals surface area contributed by atoms with Gasteiger partial charge in [0.25, 0.3) is 11.5 Å². The molecule has 0 spiro atoms. The lowest BCUT2D eigenvalue weighted by Crippen LogP contribution is -2.31. The van der Waals surface area contributed by atoms with Crippen molar-refractivity contribution in [1.29, 1.82) is 0 Å². The zero-order valence-corrected chi connectivity index (χ0v) is 20.0. The first-order valence-electron chi connectivity index (χ1n) is 11.1. The van der Waals surface area contributed by atoms with Crippen LogP contribution in [0.5, 0.6) is 0 Å². The third kappa shape index (κ3) is 4.45. The number of nitrogens with one attached hydrogen (secondary N) is 1. The molecule has 3 aromatic rings. The van der Waals surface area contributed by atoms with E-state index in [0.29, 0.717) is 21.3 Å². The van der Waals surface area contributed by atoms with Crippen molar-refractivity contribution in [3.05, 3.63) is 56.3 Å². The summed E-state index contributed by atoms with van der Waals surface area (Å²) in [7, 11) is 1.44. The highest BCUT2D eigenvalue weighted by Crippen LogP contribution is 2.38. The predicted octanol–water partition coefficient (Wildman–Crippen LogP) is 3.23. The van der Waals surface area contributed by atoms with Crippen molar-refractivity contribution in [3.63, 3.8) is 0 Å². The Balaban J connectivity index is 1.56. The molecule has 0 fully saturated rings. The Bertz CT molecular complexity index is 1340. The molecule has 0 bridgehead atoms. The van der Waals surface area contributed by atoms with E-state index in [-0.39, 0.29) is 17.9 Å². The molecule has 1 aliphatic rings. The summed E-state index contributed by atoms with van der Waals surface area (Å²) < 4.78 is 11.7. The van der Waals surface area contributed by atoms with E-state index in [1.54, 1.807) is 31.2 Å². The van der Waals surface area contributed by atoms with Crippen LogP contribution in [-0.2, 0) is 34.2 Å². The van der Waals surface area contributed by atoms with Gasteiger partial charge in [0.15, 0.2) is 11.8 Å². The average Bonchev–Trinajstić information content (AvgIpc) is 3.19. The van der Waals surface area contributed by atoms with Crippen molar-refractivity contribution < 1.29 is 23.9 Å². The zero-order chi connectivity index (χ0) is 24.4. The van der Waals surface area contributed by atoms with Gasteiger partial charge in [0.2, 0.25) is 0 Å². The molecule has 2 heterocycles. The number of anilines is 1. The van der Waals surface area contributed by atoms with Crippen LogP contribution in [0.1, 0.15) is 58.0 Å². The maximum Gasteiger partial charge on any atom is 0.360 e. The standard InChI is InChI=1S/C24H25N3O6S/c1-4-32-23(30)18-16-11-7-8-12-17(16)34-21(18)25-20(28)13(2)33-24(31)19-14-9-5-6-10-15(14)22(29)27(3)26-19/h5-6,9-10,13H,4,7-8,11-12H2,1-3H3,(H,25,28). The number of nitrogens with zero attached hydrogens (tertiary/aromatic N) is 2. The average molecular weight is 484 g/mol. The maximum atomic E-state index is 12.9. The normalized spacial score (nSPS) is 13.7. The molecule has 1 amide bonds. The van der Waals surface area contributed by atoms with Crippen LogP contribution >= 0.6 is 11.3 Å². The van der Waals surface area contributed by atoms with Gasteiger partial charge in [-0.15, -0.1) is 11.3 Å². The van der Waals surface area contributed by atoms with E-state index in [1.165, 1.54) is 25.3 Å². The lowest BCUT2D eigenvalue weighted by molar-refractivity contribution is -0.123. The summed E-state index contributed by atoms with van der Waals surface area (Å²) in [6, 6.07) is 6.58. The predicted molar refractivity (Wildman–Crippen MR) is 127 cm³/mol. The van der Waals surface area contributed by atoms with Gasteiger partial charge >= 0.3 is 11.9 Å². The van der Waals surface area contributed by atoms with Gasteiger partial charge in [-0.05, 0) is 51.2 Å². The summed E-state index contributed by atoms with van der Waals surface area (Å²) in [6.45, 7) is 3.40. The summed E-state index contributed by atoms with van der Waals surface area (Å²) in [6.07, 6.45) is 2.43. The van der Waals surface area contributed by atoms with Crippen molar-refractivity contribution in [2.75, 3.05) is 11.9 Å². The largest absolute Gasteiger partial charge is 0.462 e. The van der Waals surface area contributed by atoms with E-state index >= 15 is 0 Å². The first-order chi connectivity index (χ1) is 16.3. The fraction of sp³-hybridized carbons (Fsp3) is 0.375. The van der Waals surface area contributed by atoms with Crippen LogP contribution in [0.4, 0.5) is 5.00 Å². The Hall–Kier alpha value is -3.53. The minimum absolute atomic E-state index is 0.0591. The molecule has 34 heavy (non-hydrogen) atoms. The number of amides is 1. The minimum atomic E-state index is -1.17. The second-order valence-electron chi connectivity index (χ2n) is 8.00. The lowest BCUT2D eigenvalue weighted by Gasteiger charge is -2.15.